The Bertz CT molecular complexity index is 1090. The van der Waals surface area contributed by atoms with Gasteiger partial charge < -0.3 is 15.5 Å². The van der Waals surface area contributed by atoms with Crippen molar-refractivity contribution in [3.63, 3.8) is 0 Å². The highest BCUT2D eigenvalue weighted by Gasteiger charge is 2.41. The Morgan fingerprint density at radius 3 is 2.64 bits per heavy atom. The Kier molecular flexibility index (Phi) is 2.56. The van der Waals surface area contributed by atoms with E-state index in [9.17, 15) is 15.0 Å². The molecule has 2 aliphatic rings. The van der Waals surface area contributed by atoms with Crippen molar-refractivity contribution in [1.29, 1.82) is 0 Å². The van der Waals surface area contributed by atoms with Gasteiger partial charge in [0.25, 0.3) is 0 Å². The smallest absolute Gasteiger partial charge is 0.248 e. The maximum atomic E-state index is 13.0. The first kappa shape index (κ1) is 13.7. The second-order valence-corrected chi connectivity index (χ2v) is 5.89. The second-order valence-electron chi connectivity index (χ2n) is 5.89. The van der Waals surface area contributed by atoms with E-state index in [-0.39, 0.29) is 17.3 Å². The van der Waals surface area contributed by atoms with Crippen molar-refractivity contribution in [3.8, 4) is 11.5 Å². The second kappa shape index (κ2) is 4.67. The average Bonchev–Trinajstić information content (AvgIpc) is 3.20. The van der Waals surface area contributed by atoms with Gasteiger partial charge in [0.1, 0.15) is 6.04 Å². The molecule has 2 aromatic carbocycles. The number of carbonyl (C=O) groups is 1. The number of aromatic hydroxyl groups is 2. The number of ketones is 1. The number of phenolic OH excluding ortho intramolecular Hbond substituents is 2. The third-order valence-electron chi connectivity index (χ3n) is 4.52. The number of hydrogen-bond acceptors (Lipinski definition) is 7. The molecule has 1 aliphatic carbocycles. The lowest BCUT2D eigenvalue weighted by atomic mass is 9.94. The Hall–Kier alpha value is -3.68. The number of rotatable bonds is 1. The minimum atomic E-state index is -0.604. The summed E-state index contributed by atoms with van der Waals surface area (Å²) in [5.41, 5.74) is 3.17. The van der Waals surface area contributed by atoms with Gasteiger partial charge in [0.2, 0.25) is 5.95 Å². The third kappa shape index (κ3) is 1.76. The Balaban J connectivity index is 1.77. The fourth-order valence-electron chi connectivity index (χ4n) is 3.40. The number of aromatic nitrogens is 4. The quantitative estimate of drug-likeness (QED) is 0.581. The standard InChI is InChI=1S/C17H11N5O3/c23-11-6-5-8(7-12(11)24)15-13-14(18-17-19-20-21-22(15)17)9-3-1-2-4-10(9)16(13)25/h1-7,15,23-24H,(H,18,19,21)/t15-/m0/s1. The SMILES string of the molecule is O=C1C2=C(Nc3nnnn3[C@H]2c2ccc(O)c(O)c2)c2ccccc21. The zero-order valence-electron chi connectivity index (χ0n) is 12.7. The van der Waals surface area contributed by atoms with Crippen LogP contribution < -0.4 is 5.32 Å². The molecular formula is C17H11N5O3. The zero-order valence-corrected chi connectivity index (χ0v) is 12.7. The van der Waals surface area contributed by atoms with Crippen molar-refractivity contribution in [2.75, 3.05) is 5.32 Å². The van der Waals surface area contributed by atoms with Crippen molar-refractivity contribution in [2.45, 2.75) is 6.04 Å². The number of fused-ring (bicyclic) bond motifs is 3. The first-order chi connectivity index (χ1) is 12.1. The van der Waals surface area contributed by atoms with Crippen molar-refractivity contribution in [1.82, 2.24) is 20.2 Å². The molecule has 0 radical (unpaired) electrons. The van der Waals surface area contributed by atoms with Gasteiger partial charge in [0, 0.05) is 11.1 Å². The molecule has 1 atom stereocenters. The van der Waals surface area contributed by atoms with E-state index in [2.05, 4.69) is 20.8 Å². The molecule has 0 unspecified atom stereocenters. The monoisotopic (exact) mass is 333 g/mol. The fourth-order valence-corrected chi connectivity index (χ4v) is 3.40. The summed E-state index contributed by atoms with van der Waals surface area (Å²) in [7, 11) is 0. The number of allylic oxidation sites excluding steroid dienone is 1. The van der Waals surface area contributed by atoms with Gasteiger partial charge in [0.15, 0.2) is 17.3 Å². The van der Waals surface area contributed by atoms with Crippen LogP contribution in [0.4, 0.5) is 5.95 Å². The molecule has 1 aromatic heterocycles. The first-order valence-electron chi connectivity index (χ1n) is 7.60. The van der Waals surface area contributed by atoms with Gasteiger partial charge >= 0.3 is 0 Å². The van der Waals surface area contributed by atoms with Crippen LogP contribution in [0, 0.1) is 0 Å². The summed E-state index contributed by atoms with van der Waals surface area (Å²) in [4.78, 5) is 13.0. The molecule has 5 rings (SSSR count). The molecule has 122 valence electrons. The number of anilines is 1. The van der Waals surface area contributed by atoms with Crippen LogP contribution in [0.1, 0.15) is 27.5 Å². The molecule has 1 aliphatic heterocycles. The number of tetrazole rings is 1. The molecule has 0 spiro atoms. The minimum absolute atomic E-state index is 0.114. The first-order valence-corrected chi connectivity index (χ1v) is 7.60. The van der Waals surface area contributed by atoms with Crippen LogP contribution >= 0.6 is 0 Å². The number of phenols is 2. The molecule has 8 nitrogen and oxygen atoms in total. The number of nitrogens with one attached hydrogen (secondary N) is 1. The number of nitrogens with zero attached hydrogens (tertiary/aromatic N) is 4. The van der Waals surface area contributed by atoms with Crippen LogP contribution in [-0.2, 0) is 0 Å². The molecule has 0 bridgehead atoms. The van der Waals surface area contributed by atoms with Crippen LogP contribution in [0.5, 0.6) is 11.5 Å². The molecule has 3 aromatic rings. The number of Topliss-reactive ketones (excluding diaryl/α,β-unsaturated/α-hetero) is 1. The van der Waals surface area contributed by atoms with Crippen molar-refractivity contribution in [3.05, 3.63) is 64.7 Å². The molecule has 2 heterocycles. The highest BCUT2D eigenvalue weighted by molar-refractivity contribution is 6.23. The van der Waals surface area contributed by atoms with Gasteiger partial charge in [-0.05, 0) is 28.1 Å². The van der Waals surface area contributed by atoms with E-state index in [1.807, 2.05) is 18.2 Å². The fraction of sp³-hybridized carbons (Fsp3) is 0.0588. The molecule has 0 fully saturated rings. The molecule has 8 heteroatoms. The normalized spacial score (nSPS) is 17.8. The molecule has 0 saturated heterocycles. The summed E-state index contributed by atoms with van der Waals surface area (Å²) in [5, 5.41) is 34.2. The summed E-state index contributed by atoms with van der Waals surface area (Å²) in [5.74, 6) is -0.210. The maximum Gasteiger partial charge on any atom is 0.248 e. The topological polar surface area (TPSA) is 113 Å². The van der Waals surface area contributed by atoms with Gasteiger partial charge in [-0.3, -0.25) is 4.79 Å². The predicted molar refractivity (Wildman–Crippen MR) is 87.0 cm³/mol. The molecule has 25 heavy (non-hydrogen) atoms. The van der Waals surface area contributed by atoms with Gasteiger partial charge in [0.05, 0.1) is 11.3 Å². The largest absolute Gasteiger partial charge is 0.504 e. The molecular weight excluding hydrogens is 322 g/mol. The Morgan fingerprint density at radius 2 is 1.84 bits per heavy atom. The van der Waals surface area contributed by atoms with Crippen LogP contribution in [0.25, 0.3) is 5.70 Å². The molecule has 0 amide bonds. The summed E-state index contributed by atoms with van der Waals surface area (Å²) >= 11 is 0. The van der Waals surface area contributed by atoms with E-state index in [1.165, 1.54) is 16.8 Å². The van der Waals surface area contributed by atoms with Crippen LogP contribution in [-0.4, -0.2) is 36.2 Å². The van der Waals surface area contributed by atoms with Gasteiger partial charge in [-0.1, -0.05) is 35.4 Å². The zero-order chi connectivity index (χ0) is 17.1. The van der Waals surface area contributed by atoms with E-state index in [0.29, 0.717) is 28.3 Å². The number of benzene rings is 2. The van der Waals surface area contributed by atoms with Crippen molar-refractivity contribution < 1.29 is 15.0 Å². The van der Waals surface area contributed by atoms with Gasteiger partial charge in [-0.2, -0.15) is 4.68 Å². The summed E-state index contributed by atoms with van der Waals surface area (Å²) < 4.78 is 1.49. The van der Waals surface area contributed by atoms with Gasteiger partial charge in [-0.25, -0.2) is 0 Å². The lowest BCUT2D eigenvalue weighted by Crippen LogP contribution is -2.25. The lowest BCUT2D eigenvalue weighted by molar-refractivity contribution is 0.102. The van der Waals surface area contributed by atoms with E-state index < -0.39 is 6.04 Å². The van der Waals surface area contributed by atoms with Crippen LogP contribution in [0.15, 0.2) is 48.0 Å². The Morgan fingerprint density at radius 1 is 1.04 bits per heavy atom. The van der Waals surface area contributed by atoms with E-state index in [4.69, 9.17) is 0 Å². The predicted octanol–water partition coefficient (Wildman–Crippen LogP) is 1.71. The van der Waals surface area contributed by atoms with E-state index in [0.717, 1.165) is 5.56 Å². The maximum absolute atomic E-state index is 13.0. The lowest BCUT2D eigenvalue weighted by Gasteiger charge is -2.25. The van der Waals surface area contributed by atoms with Crippen LogP contribution in [0.3, 0.4) is 0 Å². The van der Waals surface area contributed by atoms with Gasteiger partial charge in [-0.15, -0.1) is 0 Å². The van der Waals surface area contributed by atoms with Crippen molar-refractivity contribution in [2.24, 2.45) is 0 Å². The molecule has 0 saturated carbocycles. The number of hydrogen-bond donors (Lipinski definition) is 3. The Labute approximate surface area is 141 Å². The van der Waals surface area contributed by atoms with Crippen LogP contribution in [0.2, 0.25) is 0 Å². The van der Waals surface area contributed by atoms with Crippen molar-refractivity contribution >= 4 is 17.4 Å². The summed E-state index contributed by atoms with van der Waals surface area (Å²) in [6.45, 7) is 0. The molecule has 3 N–H and O–H groups in total. The number of carbonyl (C=O) groups excluding carboxylic acids is 1. The summed E-state index contributed by atoms with van der Waals surface area (Å²) in [6, 6.07) is 11.1. The average molecular weight is 333 g/mol. The summed E-state index contributed by atoms with van der Waals surface area (Å²) in [6.07, 6.45) is 0. The third-order valence-corrected chi connectivity index (χ3v) is 4.52. The van der Waals surface area contributed by atoms with E-state index >= 15 is 0 Å². The highest BCUT2D eigenvalue weighted by atomic mass is 16.3. The minimum Gasteiger partial charge on any atom is -0.504 e. The van der Waals surface area contributed by atoms with E-state index in [1.54, 1.807) is 12.1 Å². The highest BCUT2D eigenvalue weighted by Crippen LogP contribution is 2.45.